The summed E-state index contributed by atoms with van der Waals surface area (Å²) in [5.41, 5.74) is 0. The van der Waals surface area contributed by atoms with E-state index in [1.54, 1.807) is 0 Å². The van der Waals surface area contributed by atoms with Crippen LogP contribution in [0.2, 0.25) is 0 Å². The van der Waals surface area contributed by atoms with Crippen LogP contribution in [-0.2, 0) is 9.59 Å². The number of carbonyl (C=O) groups excluding carboxylic acids is 2. The second-order valence-electron chi connectivity index (χ2n) is 4.17. The Morgan fingerprint density at radius 2 is 1.53 bits per heavy atom. The molecule has 0 bridgehead atoms. The zero-order valence-corrected chi connectivity index (χ0v) is 9.43. The normalized spacial score (nSPS) is 25.2. The molecule has 0 spiro atoms. The van der Waals surface area contributed by atoms with Crippen LogP contribution in [0.1, 0.15) is 32.6 Å². The minimum Gasteiger partial charge on any atom is -0.352 e. The minimum absolute atomic E-state index is 0.303. The molecule has 1 fully saturated rings. The first-order chi connectivity index (χ1) is 7.80. The summed E-state index contributed by atoms with van der Waals surface area (Å²) in [5.74, 6) is -2.25. The number of carbonyl (C=O) groups is 2. The van der Waals surface area contributed by atoms with Crippen molar-refractivity contribution in [1.82, 2.24) is 10.6 Å². The Morgan fingerprint density at radius 3 is 1.94 bits per heavy atom. The molecule has 17 heavy (non-hydrogen) atoms. The highest BCUT2D eigenvalue weighted by molar-refractivity contribution is 5.82. The van der Waals surface area contributed by atoms with Gasteiger partial charge >= 0.3 is 12.1 Å². The molecule has 0 aromatic carbocycles. The summed E-state index contributed by atoms with van der Waals surface area (Å²) in [6.45, 7) is 1.30. The molecule has 2 amide bonds. The summed E-state index contributed by atoms with van der Waals surface area (Å²) in [6, 6.07) is -1.05. The number of nitrogens with one attached hydrogen (secondary N) is 2. The lowest BCUT2D eigenvalue weighted by molar-refractivity contribution is -0.174. The summed E-state index contributed by atoms with van der Waals surface area (Å²) in [5, 5.41) is 4.50. The fourth-order valence-electron chi connectivity index (χ4n) is 1.99. The van der Waals surface area contributed by atoms with Gasteiger partial charge in [-0.1, -0.05) is 12.8 Å². The maximum absolute atomic E-state index is 12.1. The van der Waals surface area contributed by atoms with E-state index < -0.39 is 24.2 Å². The Bertz CT molecular complexity index is 304. The van der Waals surface area contributed by atoms with Crippen molar-refractivity contribution < 1.29 is 22.8 Å². The highest BCUT2D eigenvalue weighted by Crippen LogP contribution is 2.21. The smallest absolute Gasteiger partial charge is 0.352 e. The number of hydrogen-bond acceptors (Lipinski definition) is 2. The number of alkyl halides is 3. The molecule has 1 rings (SSSR count). The summed E-state index contributed by atoms with van der Waals surface area (Å²) in [7, 11) is 0. The van der Waals surface area contributed by atoms with Crippen LogP contribution in [0.15, 0.2) is 0 Å². The molecule has 0 aromatic rings. The summed E-state index contributed by atoms with van der Waals surface area (Å²) in [4.78, 5) is 21.7. The van der Waals surface area contributed by atoms with Gasteiger partial charge in [0.25, 0.3) is 0 Å². The fourth-order valence-corrected chi connectivity index (χ4v) is 1.99. The highest BCUT2D eigenvalue weighted by atomic mass is 19.4. The van der Waals surface area contributed by atoms with Crippen LogP contribution >= 0.6 is 0 Å². The van der Waals surface area contributed by atoms with Gasteiger partial charge in [-0.15, -0.1) is 0 Å². The topological polar surface area (TPSA) is 58.2 Å². The van der Waals surface area contributed by atoms with Gasteiger partial charge in [0.2, 0.25) is 5.91 Å². The largest absolute Gasteiger partial charge is 0.471 e. The predicted molar refractivity (Wildman–Crippen MR) is 54.1 cm³/mol. The number of amides is 2. The SMILES string of the molecule is CC(=O)N[C@@H]1CCCC[C@H]1NC(=O)C(F)(F)F. The van der Waals surface area contributed by atoms with E-state index in [0.29, 0.717) is 12.8 Å². The van der Waals surface area contributed by atoms with Crippen molar-refractivity contribution in [3.63, 3.8) is 0 Å². The Morgan fingerprint density at radius 1 is 1.06 bits per heavy atom. The second-order valence-corrected chi connectivity index (χ2v) is 4.17. The van der Waals surface area contributed by atoms with Crippen LogP contribution in [0.3, 0.4) is 0 Å². The maximum atomic E-state index is 12.1. The van der Waals surface area contributed by atoms with Crippen LogP contribution < -0.4 is 10.6 Å². The third-order valence-corrected chi connectivity index (χ3v) is 2.73. The van der Waals surface area contributed by atoms with Crippen molar-refractivity contribution in [2.24, 2.45) is 0 Å². The number of hydrogen-bond donors (Lipinski definition) is 2. The molecule has 2 atom stereocenters. The Hall–Kier alpha value is -1.27. The molecular weight excluding hydrogens is 237 g/mol. The molecule has 0 aromatic heterocycles. The zero-order chi connectivity index (χ0) is 13.1. The molecule has 0 radical (unpaired) electrons. The molecule has 1 aliphatic carbocycles. The lowest BCUT2D eigenvalue weighted by Gasteiger charge is -2.32. The van der Waals surface area contributed by atoms with Gasteiger partial charge < -0.3 is 10.6 Å². The monoisotopic (exact) mass is 252 g/mol. The molecule has 4 nitrogen and oxygen atoms in total. The van der Waals surface area contributed by atoms with Crippen LogP contribution in [0, 0.1) is 0 Å². The number of rotatable bonds is 2. The lowest BCUT2D eigenvalue weighted by Crippen LogP contribution is -2.55. The average molecular weight is 252 g/mol. The van der Waals surface area contributed by atoms with Crippen molar-refractivity contribution in [3.8, 4) is 0 Å². The third-order valence-electron chi connectivity index (χ3n) is 2.73. The van der Waals surface area contributed by atoms with Crippen LogP contribution in [-0.4, -0.2) is 30.1 Å². The van der Waals surface area contributed by atoms with E-state index in [2.05, 4.69) is 5.32 Å². The van der Waals surface area contributed by atoms with Gasteiger partial charge in [-0.25, -0.2) is 0 Å². The molecular formula is C10H15F3N2O2. The van der Waals surface area contributed by atoms with Crippen molar-refractivity contribution in [1.29, 1.82) is 0 Å². The molecule has 98 valence electrons. The molecule has 0 aliphatic heterocycles. The Balaban J connectivity index is 2.59. The molecule has 0 unspecified atom stereocenters. The summed E-state index contributed by atoms with van der Waals surface area (Å²) in [6.07, 6.45) is -2.25. The van der Waals surface area contributed by atoms with Crippen LogP contribution in [0.25, 0.3) is 0 Å². The highest BCUT2D eigenvalue weighted by Gasteiger charge is 2.41. The first-order valence-corrected chi connectivity index (χ1v) is 5.45. The van der Waals surface area contributed by atoms with E-state index in [4.69, 9.17) is 0 Å². The van der Waals surface area contributed by atoms with Crippen molar-refractivity contribution in [2.75, 3.05) is 0 Å². The molecule has 0 saturated heterocycles. The van der Waals surface area contributed by atoms with Crippen molar-refractivity contribution in [2.45, 2.75) is 50.9 Å². The molecule has 0 heterocycles. The van der Waals surface area contributed by atoms with Gasteiger partial charge in [0, 0.05) is 19.0 Å². The van der Waals surface area contributed by atoms with Gasteiger partial charge in [0.05, 0.1) is 0 Å². The van der Waals surface area contributed by atoms with E-state index in [9.17, 15) is 22.8 Å². The van der Waals surface area contributed by atoms with E-state index in [-0.39, 0.29) is 5.91 Å². The van der Waals surface area contributed by atoms with E-state index >= 15 is 0 Å². The van der Waals surface area contributed by atoms with Crippen LogP contribution in [0.5, 0.6) is 0 Å². The lowest BCUT2D eigenvalue weighted by atomic mass is 9.90. The third kappa shape index (κ3) is 4.24. The van der Waals surface area contributed by atoms with Gasteiger partial charge in [-0.2, -0.15) is 13.2 Å². The first-order valence-electron chi connectivity index (χ1n) is 5.45. The van der Waals surface area contributed by atoms with E-state index in [0.717, 1.165) is 12.8 Å². The zero-order valence-electron chi connectivity index (χ0n) is 9.43. The van der Waals surface area contributed by atoms with Gasteiger partial charge in [-0.3, -0.25) is 9.59 Å². The van der Waals surface area contributed by atoms with Gasteiger partial charge in [-0.05, 0) is 12.8 Å². The Labute approximate surface area is 96.9 Å². The second kappa shape index (κ2) is 5.37. The van der Waals surface area contributed by atoms with Gasteiger partial charge in [0.1, 0.15) is 0 Å². The molecule has 2 N–H and O–H groups in total. The molecule has 7 heteroatoms. The van der Waals surface area contributed by atoms with Gasteiger partial charge in [0.15, 0.2) is 0 Å². The van der Waals surface area contributed by atoms with E-state index in [1.807, 2.05) is 5.32 Å². The Kier molecular flexibility index (Phi) is 4.36. The molecule has 1 aliphatic rings. The van der Waals surface area contributed by atoms with Crippen molar-refractivity contribution >= 4 is 11.8 Å². The van der Waals surface area contributed by atoms with Crippen LogP contribution in [0.4, 0.5) is 13.2 Å². The number of halogens is 3. The van der Waals surface area contributed by atoms with Crippen molar-refractivity contribution in [3.05, 3.63) is 0 Å². The molecule has 1 saturated carbocycles. The average Bonchev–Trinajstić information content (AvgIpc) is 2.18. The summed E-state index contributed by atoms with van der Waals surface area (Å²) < 4.78 is 36.3. The maximum Gasteiger partial charge on any atom is 0.471 e. The first kappa shape index (κ1) is 13.8. The minimum atomic E-state index is -4.88. The fraction of sp³-hybridized carbons (Fsp3) is 0.800. The quantitative estimate of drug-likeness (QED) is 0.773. The van der Waals surface area contributed by atoms with E-state index in [1.165, 1.54) is 6.92 Å². The summed E-state index contributed by atoms with van der Waals surface area (Å²) >= 11 is 0. The predicted octanol–water partition coefficient (Wildman–Crippen LogP) is 1.11. The standard InChI is InChI=1S/C10H15F3N2O2/c1-6(16)14-7-4-2-3-5-8(7)15-9(17)10(11,12)13/h7-8H,2-5H2,1H3,(H,14,16)(H,15,17)/t7-,8-/m1/s1.